The smallest absolute Gasteiger partial charge is 0.293 e. The topological polar surface area (TPSA) is 46.6 Å². The van der Waals surface area contributed by atoms with Gasteiger partial charge in [-0.25, -0.2) is 0 Å². The van der Waals surface area contributed by atoms with E-state index in [1.807, 2.05) is 24.3 Å². The molecule has 0 N–H and O–H groups in total. The van der Waals surface area contributed by atoms with Crippen molar-refractivity contribution < 1.29 is 14.3 Å². The average Bonchev–Trinajstić information content (AvgIpc) is 2.85. The van der Waals surface area contributed by atoms with E-state index in [1.165, 1.54) is 4.90 Å². The van der Waals surface area contributed by atoms with Crippen molar-refractivity contribution in [1.29, 1.82) is 0 Å². The Morgan fingerprint density at radius 3 is 2.58 bits per heavy atom. The summed E-state index contributed by atoms with van der Waals surface area (Å²) in [6, 6.07) is 14.5. The standard InChI is InChI=1S/C18H14ClNO3S/c1-23-15-9-5-3-6-12(15)10-16-17(21)20(18(22)24-16)11-13-7-2-4-8-14(13)19/h2-10H,11H2,1H3/b16-10+. The van der Waals surface area contributed by atoms with Gasteiger partial charge in [0.25, 0.3) is 11.1 Å². The molecule has 0 unspecified atom stereocenters. The molecule has 3 rings (SSSR count). The predicted octanol–water partition coefficient (Wildman–Crippen LogP) is 4.59. The Labute approximate surface area is 149 Å². The molecule has 4 nitrogen and oxygen atoms in total. The Morgan fingerprint density at radius 2 is 1.83 bits per heavy atom. The summed E-state index contributed by atoms with van der Waals surface area (Å²) in [7, 11) is 1.57. The van der Waals surface area contributed by atoms with E-state index in [0.717, 1.165) is 22.9 Å². The molecule has 2 aromatic carbocycles. The van der Waals surface area contributed by atoms with Crippen LogP contribution in [-0.4, -0.2) is 23.2 Å². The number of imide groups is 1. The van der Waals surface area contributed by atoms with Crippen LogP contribution in [0.1, 0.15) is 11.1 Å². The molecule has 0 saturated carbocycles. The molecule has 1 heterocycles. The zero-order valence-electron chi connectivity index (χ0n) is 12.9. The first-order valence-electron chi connectivity index (χ1n) is 7.22. The van der Waals surface area contributed by atoms with E-state index in [0.29, 0.717) is 15.7 Å². The van der Waals surface area contributed by atoms with Gasteiger partial charge in [-0.2, -0.15) is 0 Å². The lowest BCUT2D eigenvalue weighted by Gasteiger charge is -2.13. The molecule has 0 atom stereocenters. The van der Waals surface area contributed by atoms with Crippen LogP contribution in [0.3, 0.4) is 0 Å². The number of hydrogen-bond donors (Lipinski definition) is 0. The van der Waals surface area contributed by atoms with Gasteiger partial charge in [0, 0.05) is 10.6 Å². The Morgan fingerprint density at radius 1 is 1.12 bits per heavy atom. The number of nitrogens with zero attached hydrogens (tertiary/aromatic N) is 1. The second-order valence-electron chi connectivity index (χ2n) is 5.10. The molecule has 24 heavy (non-hydrogen) atoms. The highest BCUT2D eigenvalue weighted by molar-refractivity contribution is 8.18. The number of para-hydroxylation sites is 1. The third-order valence-corrected chi connectivity index (χ3v) is 4.86. The van der Waals surface area contributed by atoms with Crippen molar-refractivity contribution >= 4 is 40.6 Å². The van der Waals surface area contributed by atoms with Crippen LogP contribution in [0.15, 0.2) is 53.4 Å². The average molecular weight is 360 g/mol. The van der Waals surface area contributed by atoms with E-state index < -0.39 is 0 Å². The van der Waals surface area contributed by atoms with E-state index in [9.17, 15) is 9.59 Å². The molecule has 0 aliphatic carbocycles. The van der Waals surface area contributed by atoms with E-state index in [1.54, 1.807) is 37.5 Å². The first-order valence-corrected chi connectivity index (χ1v) is 8.41. The normalized spacial score (nSPS) is 16.1. The summed E-state index contributed by atoms with van der Waals surface area (Å²) < 4.78 is 5.27. The van der Waals surface area contributed by atoms with Crippen molar-refractivity contribution in [1.82, 2.24) is 4.90 Å². The summed E-state index contributed by atoms with van der Waals surface area (Å²) in [5.74, 6) is 0.325. The lowest BCUT2D eigenvalue weighted by atomic mass is 10.1. The first-order chi connectivity index (χ1) is 11.6. The Bertz CT molecular complexity index is 835. The Hall–Kier alpha value is -2.24. The minimum atomic E-state index is -0.323. The molecule has 1 saturated heterocycles. The van der Waals surface area contributed by atoms with E-state index in [-0.39, 0.29) is 17.7 Å². The van der Waals surface area contributed by atoms with Crippen LogP contribution in [0.4, 0.5) is 4.79 Å². The Kier molecular flexibility index (Phi) is 4.92. The monoisotopic (exact) mass is 359 g/mol. The fraction of sp³-hybridized carbons (Fsp3) is 0.111. The summed E-state index contributed by atoms with van der Waals surface area (Å²) in [5, 5.41) is 0.228. The molecule has 6 heteroatoms. The summed E-state index contributed by atoms with van der Waals surface area (Å²) in [6.45, 7) is 0.160. The van der Waals surface area contributed by atoms with E-state index in [4.69, 9.17) is 16.3 Å². The zero-order chi connectivity index (χ0) is 17.1. The number of rotatable bonds is 4. The fourth-order valence-electron chi connectivity index (χ4n) is 2.36. The van der Waals surface area contributed by atoms with Gasteiger partial charge in [0.1, 0.15) is 5.75 Å². The molecule has 0 aromatic heterocycles. The summed E-state index contributed by atoms with van der Waals surface area (Å²) in [4.78, 5) is 26.3. The van der Waals surface area contributed by atoms with Crippen LogP contribution in [0.25, 0.3) is 6.08 Å². The molecule has 1 aliphatic heterocycles. The van der Waals surface area contributed by atoms with Crippen LogP contribution >= 0.6 is 23.4 Å². The SMILES string of the molecule is COc1ccccc1/C=C1/SC(=O)N(Cc2ccccc2Cl)C1=O. The van der Waals surface area contributed by atoms with Crippen molar-refractivity contribution in [3.63, 3.8) is 0 Å². The molecule has 0 bridgehead atoms. The van der Waals surface area contributed by atoms with Crippen molar-refractivity contribution in [3.05, 3.63) is 69.6 Å². The summed E-state index contributed by atoms with van der Waals surface area (Å²) >= 11 is 7.04. The Balaban J connectivity index is 1.86. The van der Waals surface area contributed by atoms with Gasteiger partial charge in [-0.15, -0.1) is 0 Å². The molecule has 2 aromatic rings. The number of methoxy groups -OCH3 is 1. The molecule has 2 amide bonds. The number of thioether (sulfide) groups is 1. The van der Waals surface area contributed by atoms with Crippen LogP contribution < -0.4 is 4.74 Å². The van der Waals surface area contributed by atoms with Crippen molar-refractivity contribution in [2.75, 3.05) is 7.11 Å². The van der Waals surface area contributed by atoms with Gasteiger partial charge >= 0.3 is 0 Å². The lowest BCUT2D eigenvalue weighted by Crippen LogP contribution is -2.27. The minimum Gasteiger partial charge on any atom is -0.496 e. The second-order valence-corrected chi connectivity index (χ2v) is 6.50. The van der Waals surface area contributed by atoms with Crippen molar-refractivity contribution in [3.8, 4) is 5.75 Å². The van der Waals surface area contributed by atoms with Crippen LogP contribution in [0.2, 0.25) is 5.02 Å². The quantitative estimate of drug-likeness (QED) is 0.749. The van der Waals surface area contributed by atoms with Gasteiger partial charge in [-0.05, 0) is 35.5 Å². The molecular formula is C18H14ClNO3S. The maximum Gasteiger partial charge on any atom is 0.293 e. The third kappa shape index (κ3) is 3.32. The number of hydrogen-bond acceptors (Lipinski definition) is 4. The largest absolute Gasteiger partial charge is 0.496 e. The fourth-order valence-corrected chi connectivity index (χ4v) is 3.38. The highest BCUT2D eigenvalue weighted by Crippen LogP contribution is 2.35. The third-order valence-electron chi connectivity index (χ3n) is 3.59. The zero-order valence-corrected chi connectivity index (χ0v) is 14.4. The van der Waals surface area contributed by atoms with Gasteiger partial charge < -0.3 is 4.74 Å². The molecule has 0 spiro atoms. The van der Waals surface area contributed by atoms with Crippen LogP contribution in [0, 0.1) is 0 Å². The maximum atomic E-state index is 12.6. The van der Waals surface area contributed by atoms with Crippen LogP contribution in [0.5, 0.6) is 5.75 Å². The summed E-state index contributed by atoms with van der Waals surface area (Å²) in [5.41, 5.74) is 1.49. The van der Waals surface area contributed by atoms with Gasteiger partial charge in [0.05, 0.1) is 18.6 Å². The maximum absolute atomic E-state index is 12.6. The van der Waals surface area contributed by atoms with Gasteiger partial charge in [-0.1, -0.05) is 48.0 Å². The number of carbonyl (C=O) groups is 2. The molecular weight excluding hydrogens is 346 g/mol. The molecule has 1 fully saturated rings. The number of benzene rings is 2. The van der Waals surface area contributed by atoms with Crippen molar-refractivity contribution in [2.24, 2.45) is 0 Å². The van der Waals surface area contributed by atoms with Gasteiger partial charge in [0.2, 0.25) is 0 Å². The number of halogens is 1. The van der Waals surface area contributed by atoms with Gasteiger partial charge in [-0.3, -0.25) is 14.5 Å². The lowest BCUT2D eigenvalue weighted by molar-refractivity contribution is -0.123. The molecule has 122 valence electrons. The number of carbonyl (C=O) groups excluding carboxylic acids is 2. The predicted molar refractivity (Wildman–Crippen MR) is 96.0 cm³/mol. The van der Waals surface area contributed by atoms with Crippen molar-refractivity contribution in [2.45, 2.75) is 6.54 Å². The van der Waals surface area contributed by atoms with E-state index >= 15 is 0 Å². The number of amides is 2. The van der Waals surface area contributed by atoms with E-state index in [2.05, 4.69) is 0 Å². The molecule has 1 aliphatic rings. The highest BCUT2D eigenvalue weighted by Gasteiger charge is 2.35. The minimum absolute atomic E-state index is 0.160. The van der Waals surface area contributed by atoms with Crippen LogP contribution in [-0.2, 0) is 11.3 Å². The second kappa shape index (κ2) is 7.11. The first kappa shape index (κ1) is 16.6. The highest BCUT2D eigenvalue weighted by atomic mass is 35.5. The van der Waals surface area contributed by atoms with Gasteiger partial charge in [0.15, 0.2) is 0 Å². The summed E-state index contributed by atoms with van der Waals surface area (Å²) in [6.07, 6.45) is 1.68. The molecule has 0 radical (unpaired) electrons. The number of ether oxygens (including phenoxy) is 1.